The largest absolute Gasteiger partial charge is 0.369 e. The van der Waals surface area contributed by atoms with Crippen LogP contribution in [0.4, 0.5) is 0 Å². The molecule has 1 aromatic rings. The number of ketones is 1. The van der Waals surface area contributed by atoms with Crippen molar-refractivity contribution < 1.29 is 9.59 Å². The molecule has 0 saturated heterocycles. The van der Waals surface area contributed by atoms with Crippen molar-refractivity contribution in [3.63, 3.8) is 0 Å². The lowest BCUT2D eigenvalue weighted by molar-refractivity contribution is -0.117. The second-order valence-electron chi connectivity index (χ2n) is 3.32. The maximum absolute atomic E-state index is 11.2. The zero-order valence-electron chi connectivity index (χ0n) is 8.85. The Morgan fingerprint density at radius 2 is 1.81 bits per heavy atom. The summed E-state index contributed by atoms with van der Waals surface area (Å²) in [7, 11) is 0. The highest BCUT2D eigenvalue weighted by Crippen LogP contribution is 2.07. The highest BCUT2D eigenvalue weighted by atomic mass is 16.1. The molecule has 0 unspecified atom stereocenters. The molecule has 0 aliphatic carbocycles. The standard InChI is InChI=1S/C12H14N2O2/c13-8-11(15)10-6-4-9(5-7-10)2-1-3-12(14)16/h1-2,4-7H,3,8,13H2,(H2,14,16). The van der Waals surface area contributed by atoms with Crippen molar-refractivity contribution in [1.82, 2.24) is 0 Å². The third kappa shape index (κ3) is 3.67. The summed E-state index contributed by atoms with van der Waals surface area (Å²) in [6.07, 6.45) is 3.67. The SMILES string of the molecule is NCC(=O)c1ccc(C=CCC(N)=O)cc1. The van der Waals surface area contributed by atoms with E-state index in [9.17, 15) is 9.59 Å². The summed E-state index contributed by atoms with van der Waals surface area (Å²) in [4.78, 5) is 21.7. The van der Waals surface area contributed by atoms with E-state index >= 15 is 0 Å². The topological polar surface area (TPSA) is 86.2 Å². The van der Waals surface area contributed by atoms with Crippen molar-refractivity contribution in [3.05, 3.63) is 41.5 Å². The Balaban J connectivity index is 2.68. The third-order valence-corrected chi connectivity index (χ3v) is 2.05. The Bertz CT molecular complexity index is 408. The molecule has 4 nitrogen and oxygen atoms in total. The van der Waals surface area contributed by atoms with E-state index in [0.717, 1.165) is 5.56 Å². The quantitative estimate of drug-likeness (QED) is 0.714. The van der Waals surface area contributed by atoms with Gasteiger partial charge in [-0.25, -0.2) is 0 Å². The number of nitrogens with two attached hydrogens (primary N) is 2. The van der Waals surface area contributed by atoms with Crippen LogP contribution >= 0.6 is 0 Å². The average Bonchev–Trinajstić information content (AvgIpc) is 2.28. The van der Waals surface area contributed by atoms with Crippen LogP contribution in [0.5, 0.6) is 0 Å². The summed E-state index contributed by atoms with van der Waals surface area (Å²) in [5.74, 6) is -0.459. The molecular weight excluding hydrogens is 204 g/mol. The number of hydrogen-bond donors (Lipinski definition) is 2. The number of hydrogen-bond acceptors (Lipinski definition) is 3. The molecule has 0 aliphatic heterocycles. The number of rotatable bonds is 5. The van der Waals surface area contributed by atoms with Gasteiger partial charge in [0.05, 0.1) is 6.54 Å². The lowest BCUT2D eigenvalue weighted by Gasteiger charge is -1.98. The van der Waals surface area contributed by atoms with E-state index in [1.54, 1.807) is 36.4 Å². The van der Waals surface area contributed by atoms with Gasteiger partial charge in [0, 0.05) is 12.0 Å². The van der Waals surface area contributed by atoms with E-state index in [4.69, 9.17) is 11.5 Å². The van der Waals surface area contributed by atoms with Gasteiger partial charge in [0.25, 0.3) is 0 Å². The van der Waals surface area contributed by atoms with Gasteiger partial charge >= 0.3 is 0 Å². The number of amides is 1. The van der Waals surface area contributed by atoms with Crippen LogP contribution in [-0.2, 0) is 4.79 Å². The maximum atomic E-state index is 11.2. The van der Waals surface area contributed by atoms with Gasteiger partial charge in [0.15, 0.2) is 5.78 Å². The summed E-state index contributed by atoms with van der Waals surface area (Å²) in [5.41, 5.74) is 11.7. The maximum Gasteiger partial charge on any atom is 0.221 e. The zero-order valence-corrected chi connectivity index (χ0v) is 8.85. The van der Waals surface area contributed by atoms with Crippen LogP contribution in [0.3, 0.4) is 0 Å². The molecule has 0 radical (unpaired) electrons. The number of Topliss-reactive ketones (excluding diaryl/α,β-unsaturated/α-hetero) is 1. The predicted octanol–water partition coefficient (Wildman–Crippen LogP) is 0.717. The third-order valence-electron chi connectivity index (χ3n) is 2.05. The Hall–Kier alpha value is -1.94. The molecule has 84 valence electrons. The van der Waals surface area contributed by atoms with E-state index < -0.39 is 0 Å². The van der Waals surface area contributed by atoms with Crippen molar-refractivity contribution in [2.75, 3.05) is 6.54 Å². The molecule has 0 aromatic heterocycles. The first-order chi connectivity index (χ1) is 7.63. The predicted molar refractivity (Wildman–Crippen MR) is 62.7 cm³/mol. The minimum absolute atomic E-state index is 0.0108. The van der Waals surface area contributed by atoms with Crippen LogP contribution in [0.2, 0.25) is 0 Å². The highest BCUT2D eigenvalue weighted by molar-refractivity contribution is 5.97. The minimum Gasteiger partial charge on any atom is -0.369 e. The highest BCUT2D eigenvalue weighted by Gasteiger charge is 2.01. The molecule has 1 rings (SSSR count). The van der Waals surface area contributed by atoms with Crippen LogP contribution in [0, 0.1) is 0 Å². The van der Waals surface area contributed by atoms with Crippen LogP contribution in [0.25, 0.3) is 6.08 Å². The molecule has 0 heterocycles. The van der Waals surface area contributed by atoms with Crippen LogP contribution in [0.1, 0.15) is 22.3 Å². The van der Waals surface area contributed by atoms with Gasteiger partial charge in [-0.1, -0.05) is 36.4 Å². The number of benzene rings is 1. The van der Waals surface area contributed by atoms with Crippen LogP contribution in [-0.4, -0.2) is 18.2 Å². The molecule has 0 bridgehead atoms. The monoisotopic (exact) mass is 218 g/mol. The van der Waals surface area contributed by atoms with E-state index in [2.05, 4.69) is 0 Å². The van der Waals surface area contributed by atoms with Gasteiger partial charge in [0.1, 0.15) is 0 Å². The van der Waals surface area contributed by atoms with E-state index in [0.29, 0.717) is 5.56 Å². The Labute approximate surface area is 93.9 Å². The van der Waals surface area contributed by atoms with Crippen molar-refractivity contribution in [2.45, 2.75) is 6.42 Å². The van der Waals surface area contributed by atoms with Gasteiger partial charge in [0.2, 0.25) is 5.91 Å². The van der Waals surface area contributed by atoms with Gasteiger partial charge < -0.3 is 11.5 Å². The lowest BCUT2D eigenvalue weighted by Crippen LogP contribution is -2.13. The average molecular weight is 218 g/mol. The fourth-order valence-electron chi connectivity index (χ4n) is 1.21. The first-order valence-electron chi connectivity index (χ1n) is 4.91. The smallest absolute Gasteiger partial charge is 0.221 e. The molecular formula is C12H14N2O2. The molecule has 0 aliphatic rings. The molecule has 0 fully saturated rings. The van der Waals surface area contributed by atoms with Crippen molar-refractivity contribution in [2.24, 2.45) is 11.5 Å². The van der Waals surface area contributed by atoms with Gasteiger partial charge in [-0.3, -0.25) is 9.59 Å². The molecule has 4 heteroatoms. The van der Waals surface area contributed by atoms with E-state index in [-0.39, 0.29) is 24.7 Å². The summed E-state index contributed by atoms with van der Waals surface area (Å²) in [5, 5.41) is 0. The first-order valence-corrected chi connectivity index (χ1v) is 4.91. The second-order valence-corrected chi connectivity index (χ2v) is 3.32. The van der Waals surface area contributed by atoms with Crippen LogP contribution in [0.15, 0.2) is 30.3 Å². The molecule has 0 atom stereocenters. The normalized spacial score (nSPS) is 10.6. The summed E-state index contributed by atoms with van der Waals surface area (Å²) >= 11 is 0. The Morgan fingerprint density at radius 1 is 1.19 bits per heavy atom. The first kappa shape index (κ1) is 12.1. The Kier molecular flexibility index (Phi) is 4.42. The van der Waals surface area contributed by atoms with Crippen molar-refractivity contribution >= 4 is 17.8 Å². The van der Waals surface area contributed by atoms with E-state index in [1.165, 1.54) is 0 Å². The molecule has 1 amide bonds. The molecule has 16 heavy (non-hydrogen) atoms. The fourth-order valence-corrected chi connectivity index (χ4v) is 1.21. The number of carbonyl (C=O) groups is 2. The number of carbonyl (C=O) groups excluding carboxylic acids is 2. The molecule has 0 spiro atoms. The van der Waals surface area contributed by atoms with Crippen molar-refractivity contribution in [3.8, 4) is 0 Å². The Morgan fingerprint density at radius 3 is 2.31 bits per heavy atom. The summed E-state index contributed by atoms with van der Waals surface area (Å²) in [6.45, 7) is 0.0108. The molecule has 1 aromatic carbocycles. The molecule has 4 N–H and O–H groups in total. The van der Waals surface area contributed by atoms with Gasteiger partial charge in [-0.05, 0) is 5.56 Å². The molecule has 0 saturated carbocycles. The van der Waals surface area contributed by atoms with Gasteiger partial charge in [-0.2, -0.15) is 0 Å². The fraction of sp³-hybridized carbons (Fsp3) is 0.167. The van der Waals surface area contributed by atoms with Crippen molar-refractivity contribution in [1.29, 1.82) is 0 Å². The second kappa shape index (κ2) is 5.82. The summed E-state index contributed by atoms with van der Waals surface area (Å²) in [6, 6.07) is 7.00. The van der Waals surface area contributed by atoms with Crippen LogP contribution < -0.4 is 11.5 Å². The van der Waals surface area contributed by atoms with Gasteiger partial charge in [-0.15, -0.1) is 0 Å². The summed E-state index contributed by atoms with van der Waals surface area (Å²) < 4.78 is 0. The number of primary amides is 1. The lowest BCUT2D eigenvalue weighted by atomic mass is 10.1. The minimum atomic E-state index is -0.369. The van der Waals surface area contributed by atoms with E-state index in [1.807, 2.05) is 0 Å². The zero-order chi connectivity index (χ0) is 12.0.